The van der Waals surface area contributed by atoms with E-state index in [0.29, 0.717) is 6.54 Å². The monoisotopic (exact) mass is 345 g/mol. The minimum Gasteiger partial charge on any atom is -0.321 e. The molecule has 0 aliphatic rings. The number of hydrogen-bond acceptors (Lipinski definition) is 2. The number of benzene rings is 2. The zero-order valence-electron chi connectivity index (χ0n) is 13.0. The summed E-state index contributed by atoms with van der Waals surface area (Å²) in [5.41, 5.74) is 0.482. The third kappa shape index (κ3) is 4.06. The molecule has 1 amide bonds. The van der Waals surface area contributed by atoms with Gasteiger partial charge in [-0.3, -0.25) is 9.48 Å². The highest BCUT2D eigenvalue weighted by atomic mass is 19.4. The van der Waals surface area contributed by atoms with Gasteiger partial charge in [-0.15, -0.1) is 0 Å². The van der Waals surface area contributed by atoms with Crippen LogP contribution in [0.25, 0.3) is 0 Å². The molecule has 0 unspecified atom stereocenters. The second-order valence-corrected chi connectivity index (χ2v) is 5.39. The van der Waals surface area contributed by atoms with Crippen LogP contribution in [0.2, 0.25) is 0 Å². The van der Waals surface area contributed by atoms with E-state index < -0.39 is 17.6 Å². The molecule has 0 saturated carbocycles. The first kappa shape index (κ1) is 16.8. The summed E-state index contributed by atoms with van der Waals surface area (Å²) in [4.78, 5) is 12.4. The molecule has 0 aliphatic heterocycles. The van der Waals surface area contributed by atoms with Gasteiger partial charge in [-0.05, 0) is 29.8 Å². The number of rotatable bonds is 4. The third-order valence-electron chi connectivity index (χ3n) is 3.57. The summed E-state index contributed by atoms with van der Waals surface area (Å²) >= 11 is 0. The predicted molar refractivity (Wildman–Crippen MR) is 87.2 cm³/mol. The Morgan fingerprint density at radius 2 is 1.80 bits per heavy atom. The summed E-state index contributed by atoms with van der Waals surface area (Å²) in [6.07, 6.45) is -2.99. The predicted octanol–water partition coefficient (Wildman–Crippen LogP) is 4.20. The first-order valence-corrected chi connectivity index (χ1v) is 7.48. The summed E-state index contributed by atoms with van der Waals surface area (Å²) in [5, 5.41) is 6.59. The molecule has 25 heavy (non-hydrogen) atoms. The fraction of sp³-hybridized carbons (Fsp3) is 0.111. The number of alkyl halides is 3. The van der Waals surface area contributed by atoms with E-state index in [1.807, 2.05) is 30.3 Å². The maximum Gasteiger partial charge on any atom is 0.416 e. The van der Waals surface area contributed by atoms with Gasteiger partial charge in [-0.1, -0.05) is 36.4 Å². The van der Waals surface area contributed by atoms with Crippen LogP contribution in [0.3, 0.4) is 0 Å². The first-order valence-electron chi connectivity index (χ1n) is 7.48. The Bertz CT molecular complexity index is 873. The van der Waals surface area contributed by atoms with Gasteiger partial charge in [-0.25, -0.2) is 0 Å². The number of anilines is 1. The molecule has 7 heteroatoms. The molecule has 0 spiro atoms. The van der Waals surface area contributed by atoms with E-state index in [-0.39, 0.29) is 11.4 Å². The highest BCUT2D eigenvalue weighted by Gasteiger charge is 2.30. The minimum atomic E-state index is -4.46. The van der Waals surface area contributed by atoms with E-state index in [9.17, 15) is 18.0 Å². The normalized spacial score (nSPS) is 11.3. The molecule has 128 valence electrons. The molecule has 0 fully saturated rings. The van der Waals surface area contributed by atoms with Crippen molar-refractivity contribution in [1.82, 2.24) is 9.78 Å². The average Bonchev–Trinajstić information content (AvgIpc) is 3.03. The number of carbonyl (C=O) groups is 1. The van der Waals surface area contributed by atoms with Crippen LogP contribution in [0.1, 0.15) is 21.6 Å². The van der Waals surface area contributed by atoms with Crippen molar-refractivity contribution < 1.29 is 18.0 Å². The largest absolute Gasteiger partial charge is 0.416 e. The Kier molecular flexibility index (Phi) is 4.56. The summed E-state index contributed by atoms with van der Waals surface area (Å²) in [5.74, 6) is -0.521. The zero-order valence-corrected chi connectivity index (χ0v) is 13.0. The molecule has 4 nitrogen and oxygen atoms in total. The Morgan fingerprint density at radius 1 is 1.04 bits per heavy atom. The third-order valence-corrected chi connectivity index (χ3v) is 3.57. The standard InChI is InChI=1S/C18H14F3N3O/c19-18(20,21)14-7-4-8-15(11-14)23-17(25)16-9-10-22-24(16)12-13-5-2-1-3-6-13/h1-11H,12H2,(H,23,25). The van der Waals surface area contributed by atoms with Gasteiger partial charge in [0.1, 0.15) is 5.69 Å². The number of hydrogen-bond donors (Lipinski definition) is 1. The molecular weight excluding hydrogens is 331 g/mol. The number of nitrogens with zero attached hydrogens (tertiary/aromatic N) is 2. The molecule has 1 heterocycles. The quantitative estimate of drug-likeness (QED) is 0.770. The number of nitrogens with one attached hydrogen (secondary N) is 1. The van der Waals surface area contributed by atoms with Crippen LogP contribution >= 0.6 is 0 Å². The van der Waals surface area contributed by atoms with E-state index in [2.05, 4.69) is 10.4 Å². The van der Waals surface area contributed by atoms with E-state index >= 15 is 0 Å². The van der Waals surface area contributed by atoms with Crippen molar-refractivity contribution in [2.24, 2.45) is 0 Å². The maximum atomic E-state index is 12.8. The van der Waals surface area contributed by atoms with Crippen molar-refractivity contribution in [3.8, 4) is 0 Å². The summed E-state index contributed by atoms with van der Waals surface area (Å²) < 4.78 is 39.8. The summed E-state index contributed by atoms with van der Waals surface area (Å²) in [6, 6.07) is 15.5. The van der Waals surface area contributed by atoms with E-state index in [1.54, 1.807) is 0 Å². The molecule has 0 radical (unpaired) electrons. The smallest absolute Gasteiger partial charge is 0.321 e. The minimum absolute atomic E-state index is 0.0762. The Balaban J connectivity index is 1.78. The van der Waals surface area contributed by atoms with Crippen LogP contribution < -0.4 is 5.32 Å². The van der Waals surface area contributed by atoms with Gasteiger partial charge in [0.25, 0.3) is 5.91 Å². The van der Waals surface area contributed by atoms with Gasteiger partial charge >= 0.3 is 6.18 Å². The van der Waals surface area contributed by atoms with Crippen LogP contribution in [0.4, 0.5) is 18.9 Å². The van der Waals surface area contributed by atoms with Crippen LogP contribution in [0.15, 0.2) is 66.9 Å². The van der Waals surface area contributed by atoms with Crippen LogP contribution in [-0.2, 0) is 12.7 Å². The fourth-order valence-electron chi connectivity index (χ4n) is 2.38. The van der Waals surface area contributed by atoms with Crippen molar-refractivity contribution in [3.05, 3.63) is 83.7 Å². The lowest BCUT2D eigenvalue weighted by Gasteiger charge is -2.11. The Hall–Kier alpha value is -3.09. The number of aromatic nitrogens is 2. The Labute approximate surface area is 141 Å². The summed E-state index contributed by atoms with van der Waals surface area (Å²) in [7, 11) is 0. The van der Waals surface area contributed by atoms with Crippen molar-refractivity contribution >= 4 is 11.6 Å². The van der Waals surface area contributed by atoms with E-state index in [4.69, 9.17) is 0 Å². The van der Waals surface area contributed by atoms with Crippen molar-refractivity contribution in [1.29, 1.82) is 0 Å². The van der Waals surface area contributed by atoms with Gasteiger partial charge in [0.15, 0.2) is 0 Å². The van der Waals surface area contributed by atoms with Crippen molar-refractivity contribution in [2.45, 2.75) is 12.7 Å². The molecule has 0 aliphatic carbocycles. The van der Waals surface area contributed by atoms with Crippen LogP contribution in [0, 0.1) is 0 Å². The van der Waals surface area contributed by atoms with Crippen molar-refractivity contribution in [2.75, 3.05) is 5.32 Å². The van der Waals surface area contributed by atoms with Crippen LogP contribution in [-0.4, -0.2) is 15.7 Å². The van der Waals surface area contributed by atoms with Gasteiger partial charge in [-0.2, -0.15) is 18.3 Å². The molecule has 3 rings (SSSR count). The average molecular weight is 345 g/mol. The van der Waals surface area contributed by atoms with Gasteiger partial charge < -0.3 is 5.32 Å². The molecule has 0 saturated heterocycles. The molecule has 3 aromatic rings. The molecule has 1 N–H and O–H groups in total. The molecule has 0 atom stereocenters. The lowest BCUT2D eigenvalue weighted by molar-refractivity contribution is -0.137. The second kappa shape index (κ2) is 6.80. The zero-order chi connectivity index (χ0) is 17.9. The van der Waals surface area contributed by atoms with Crippen LogP contribution in [0.5, 0.6) is 0 Å². The molecular formula is C18H14F3N3O. The van der Waals surface area contributed by atoms with E-state index in [1.165, 1.54) is 29.1 Å². The SMILES string of the molecule is O=C(Nc1cccc(C(F)(F)F)c1)c1ccnn1Cc1ccccc1. The van der Waals surface area contributed by atoms with Gasteiger partial charge in [0.05, 0.1) is 12.1 Å². The van der Waals surface area contributed by atoms with Gasteiger partial charge in [0, 0.05) is 11.9 Å². The van der Waals surface area contributed by atoms with Crippen molar-refractivity contribution in [3.63, 3.8) is 0 Å². The lowest BCUT2D eigenvalue weighted by atomic mass is 10.2. The van der Waals surface area contributed by atoms with Gasteiger partial charge in [0.2, 0.25) is 0 Å². The highest BCUT2D eigenvalue weighted by molar-refractivity contribution is 6.03. The molecule has 1 aromatic heterocycles. The second-order valence-electron chi connectivity index (χ2n) is 5.39. The molecule has 0 bridgehead atoms. The number of amides is 1. The fourth-order valence-corrected chi connectivity index (χ4v) is 2.38. The highest BCUT2D eigenvalue weighted by Crippen LogP contribution is 2.30. The maximum absolute atomic E-state index is 12.8. The number of halogens is 3. The lowest BCUT2D eigenvalue weighted by Crippen LogP contribution is -2.18. The first-order chi connectivity index (χ1) is 11.9. The van der Waals surface area contributed by atoms with E-state index in [0.717, 1.165) is 17.7 Å². The topological polar surface area (TPSA) is 46.9 Å². The molecule has 2 aromatic carbocycles. The Morgan fingerprint density at radius 3 is 2.52 bits per heavy atom. The number of carbonyl (C=O) groups excluding carboxylic acids is 1. The summed E-state index contributed by atoms with van der Waals surface area (Å²) in [6.45, 7) is 0.388.